The lowest BCUT2D eigenvalue weighted by atomic mass is 9.77. The lowest BCUT2D eigenvalue weighted by Crippen LogP contribution is -2.54. The lowest BCUT2D eigenvalue weighted by molar-refractivity contribution is -0.136. The number of halogens is 3. The standard InChI is InChI=1S/C12H21F3N2O/c1-7-6-8(2)17-9(10(7)11(16)18)4-3-5-12(13,14)15/h7-10,17H,3-6H2,1-2H3,(H2,16,18). The number of nitrogens with one attached hydrogen (secondary N) is 1. The topological polar surface area (TPSA) is 55.1 Å². The van der Waals surface area contributed by atoms with Crippen molar-refractivity contribution in [3.63, 3.8) is 0 Å². The first-order valence-electron chi connectivity index (χ1n) is 6.33. The van der Waals surface area contributed by atoms with Crippen LogP contribution in [0, 0.1) is 11.8 Å². The highest BCUT2D eigenvalue weighted by Gasteiger charge is 2.37. The molecule has 1 aliphatic rings. The molecule has 1 amide bonds. The van der Waals surface area contributed by atoms with Crippen molar-refractivity contribution in [2.75, 3.05) is 0 Å². The third-order valence-electron chi connectivity index (χ3n) is 3.57. The van der Waals surface area contributed by atoms with E-state index in [2.05, 4.69) is 5.32 Å². The van der Waals surface area contributed by atoms with Gasteiger partial charge in [-0.15, -0.1) is 0 Å². The second-order valence-corrected chi connectivity index (χ2v) is 5.32. The first-order valence-corrected chi connectivity index (χ1v) is 6.33. The van der Waals surface area contributed by atoms with E-state index in [4.69, 9.17) is 5.73 Å². The van der Waals surface area contributed by atoms with Gasteiger partial charge < -0.3 is 11.1 Å². The first kappa shape index (κ1) is 15.3. The second-order valence-electron chi connectivity index (χ2n) is 5.32. The maximum absolute atomic E-state index is 12.1. The molecule has 0 aromatic rings. The van der Waals surface area contributed by atoms with E-state index in [0.29, 0.717) is 6.42 Å². The zero-order valence-corrected chi connectivity index (χ0v) is 10.8. The fourth-order valence-corrected chi connectivity index (χ4v) is 2.90. The molecule has 1 rings (SSSR count). The molecule has 0 radical (unpaired) electrons. The van der Waals surface area contributed by atoms with Gasteiger partial charge in [-0.1, -0.05) is 6.92 Å². The van der Waals surface area contributed by atoms with Crippen LogP contribution in [-0.4, -0.2) is 24.2 Å². The molecule has 0 spiro atoms. The smallest absolute Gasteiger partial charge is 0.369 e. The fraction of sp³-hybridized carbons (Fsp3) is 0.917. The van der Waals surface area contributed by atoms with Gasteiger partial charge in [0.1, 0.15) is 0 Å². The van der Waals surface area contributed by atoms with Gasteiger partial charge in [-0.25, -0.2) is 0 Å². The highest BCUT2D eigenvalue weighted by molar-refractivity contribution is 5.77. The van der Waals surface area contributed by atoms with Crippen LogP contribution in [0.15, 0.2) is 0 Å². The highest BCUT2D eigenvalue weighted by atomic mass is 19.4. The summed E-state index contributed by atoms with van der Waals surface area (Å²) in [7, 11) is 0. The molecule has 3 nitrogen and oxygen atoms in total. The number of carbonyl (C=O) groups is 1. The van der Waals surface area contributed by atoms with Gasteiger partial charge in [0, 0.05) is 18.5 Å². The Kier molecular flexibility index (Phi) is 5.01. The average molecular weight is 266 g/mol. The Morgan fingerprint density at radius 1 is 1.39 bits per heavy atom. The molecular formula is C12H21F3N2O. The number of primary amides is 1. The molecule has 1 saturated heterocycles. The number of carbonyl (C=O) groups excluding carboxylic acids is 1. The highest BCUT2D eigenvalue weighted by Crippen LogP contribution is 2.30. The molecule has 0 bridgehead atoms. The van der Waals surface area contributed by atoms with Crippen LogP contribution in [0.2, 0.25) is 0 Å². The monoisotopic (exact) mass is 266 g/mol. The summed E-state index contributed by atoms with van der Waals surface area (Å²) in [5.41, 5.74) is 5.35. The van der Waals surface area contributed by atoms with Crippen LogP contribution in [-0.2, 0) is 4.79 Å². The summed E-state index contributed by atoms with van der Waals surface area (Å²) < 4.78 is 36.3. The van der Waals surface area contributed by atoms with Crippen LogP contribution in [0.3, 0.4) is 0 Å². The van der Waals surface area contributed by atoms with E-state index < -0.39 is 18.5 Å². The molecule has 1 aliphatic heterocycles. The maximum atomic E-state index is 12.1. The molecule has 1 fully saturated rings. The molecule has 0 aromatic heterocycles. The number of rotatable bonds is 4. The van der Waals surface area contributed by atoms with E-state index in [1.165, 1.54) is 0 Å². The van der Waals surface area contributed by atoms with Crippen molar-refractivity contribution < 1.29 is 18.0 Å². The SMILES string of the molecule is CC1CC(C)C(C(N)=O)C(CCCC(F)(F)F)N1. The Hall–Kier alpha value is -0.780. The molecule has 4 unspecified atom stereocenters. The van der Waals surface area contributed by atoms with Crippen molar-refractivity contribution in [2.24, 2.45) is 17.6 Å². The quantitative estimate of drug-likeness (QED) is 0.819. The van der Waals surface area contributed by atoms with Crippen LogP contribution < -0.4 is 11.1 Å². The largest absolute Gasteiger partial charge is 0.389 e. The number of piperidine rings is 1. The minimum absolute atomic E-state index is 0.0321. The van der Waals surface area contributed by atoms with Gasteiger partial charge in [-0.05, 0) is 32.1 Å². The minimum Gasteiger partial charge on any atom is -0.369 e. The van der Waals surface area contributed by atoms with E-state index in [1.54, 1.807) is 0 Å². The molecular weight excluding hydrogens is 245 g/mol. The summed E-state index contributed by atoms with van der Waals surface area (Å²) in [4.78, 5) is 11.4. The van der Waals surface area contributed by atoms with Crippen molar-refractivity contribution >= 4 is 5.91 Å². The van der Waals surface area contributed by atoms with Gasteiger partial charge in [0.25, 0.3) is 0 Å². The Morgan fingerprint density at radius 2 is 2.00 bits per heavy atom. The Bertz CT molecular complexity index is 294. The molecule has 0 saturated carbocycles. The predicted octanol–water partition coefficient (Wildman–Crippen LogP) is 2.21. The van der Waals surface area contributed by atoms with E-state index in [9.17, 15) is 18.0 Å². The van der Waals surface area contributed by atoms with Crippen LogP contribution in [0.5, 0.6) is 0 Å². The van der Waals surface area contributed by atoms with Crippen LogP contribution in [0.25, 0.3) is 0 Å². The first-order chi connectivity index (χ1) is 8.20. The molecule has 1 heterocycles. The van der Waals surface area contributed by atoms with Gasteiger partial charge in [-0.3, -0.25) is 4.79 Å². The van der Waals surface area contributed by atoms with Crippen LogP contribution >= 0.6 is 0 Å². The zero-order valence-electron chi connectivity index (χ0n) is 10.8. The third kappa shape index (κ3) is 4.48. The van der Waals surface area contributed by atoms with Crippen LogP contribution in [0.1, 0.15) is 39.5 Å². The van der Waals surface area contributed by atoms with Crippen molar-refractivity contribution in [2.45, 2.75) is 57.8 Å². The van der Waals surface area contributed by atoms with Gasteiger partial charge in [0.05, 0.1) is 5.92 Å². The number of amides is 1. The van der Waals surface area contributed by atoms with Crippen LogP contribution in [0.4, 0.5) is 13.2 Å². The van der Waals surface area contributed by atoms with Gasteiger partial charge >= 0.3 is 6.18 Å². The molecule has 0 aromatic carbocycles. The van der Waals surface area contributed by atoms with Crippen molar-refractivity contribution in [1.29, 1.82) is 0 Å². The van der Waals surface area contributed by atoms with E-state index >= 15 is 0 Å². The number of nitrogens with two attached hydrogens (primary N) is 1. The molecule has 3 N–H and O–H groups in total. The van der Waals surface area contributed by atoms with E-state index in [1.807, 2.05) is 13.8 Å². The zero-order chi connectivity index (χ0) is 13.9. The second kappa shape index (κ2) is 5.91. The summed E-state index contributed by atoms with van der Waals surface area (Å²) in [5.74, 6) is -0.664. The van der Waals surface area contributed by atoms with E-state index in [0.717, 1.165) is 6.42 Å². The molecule has 18 heavy (non-hydrogen) atoms. The van der Waals surface area contributed by atoms with Crippen molar-refractivity contribution in [3.05, 3.63) is 0 Å². The number of hydrogen-bond acceptors (Lipinski definition) is 2. The van der Waals surface area contributed by atoms with Crippen molar-refractivity contribution in [1.82, 2.24) is 5.32 Å². The number of alkyl halides is 3. The average Bonchev–Trinajstić information content (AvgIpc) is 2.13. The van der Waals surface area contributed by atoms with Gasteiger partial charge in [-0.2, -0.15) is 13.2 Å². The van der Waals surface area contributed by atoms with Crippen molar-refractivity contribution in [3.8, 4) is 0 Å². The summed E-state index contributed by atoms with van der Waals surface area (Å²) in [6.07, 6.45) is -3.75. The summed E-state index contributed by atoms with van der Waals surface area (Å²) in [6.45, 7) is 3.91. The summed E-state index contributed by atoms with van der Waals surface area (Å²) in [6, 6.07) is -0.0184. The van der Waals surface area contributed by atoms with Gasteiger partial charge in [0.15, 0.2) is 0 Å². The lowest BCUT2D eigenvalue weighted by Gasteiger charge is -2.39. The predicted molar refractivity (Wildman–Crippen MR) is 62.8 cm³/mol. The fourth-order valence-electron chi connectivity index (χ4n) is 2.90. The molecule has 106 valence electrons. The molecule has 0 aliphatic carbocycles. The summed E-state index contributed by atoms with van der Waals surface area (Å²) in [5, 5.41) is 3.20. The van der Waals surface area contributed by atoms with Gasteiger partial charge in [0.2, 0.25) is 5.91 Å². The molecule has 6 heteroatoms. The Labute approximate surface area is 105 Å². The Morgan fingerprint density at radius 3 is 2.50 bits per heavy atom. The minimum atomic E-state index is -4.13. The number of hydrogen-bond donors (Lipinski definition) is 2. The normalized spacial score (nSPS) is 33.4. The molecule has 4 atom stereocenters. The van der Waals surface area contributed by atoms with E-state index in [-0.39, 0.29) is 30.3 Å². The Balaban J connectivity index is 2.56. The maximum Gasteiger partial charge on any atom is 0.389 e. The third-order valence-corrected chi connectivity index (χ3v) is 3.57. The summed E-state index contributed by atoms with van der Waals surface area (Å²) >= 11 is 0.